The Hall–Kier alpha value is -0.700. The summed E-state index contributed by atoms with van der Waals surface area (Å²) in [5, 5.41) is 0. The van der Waals surface area contributed by atoms with Gasteiger partial charge in [-0.15, -0.1) is 0 Å². The molecule has 0 radical (unpaired) electrons. The summed E-state index contributed by atoms with van der Waals surface area (Å²) in [6.07, 6.45) is 5.64. The molecule has 3 aliphatic rings. The van der Waals surface area contributed by atoms with Gasteiger partial charge in [-0.25, -0.2) is 8.42 Å². The summed E-state index contributed by atoms with van der Waals surface area (Å²) < 4.78 is 36.6. The molecule has 1 unspecified atom stereocenters. The Balaban J connectivity index is 1.41. The number of rotatable bonds is 5. The average molecular weight is 346 g/mol. The van der Waals surface area contributed by atoms with Gasteiger partial charge in [0.2, 0.25) is 15.9 Å². The fourth-order valence-corrected chi connectivity index (χ4v) is 5.00. The minimum absolute atomic E-state index is 0.0347. The van der Waals surface area contributed by atoms with Crippen LogP contribution in [0.5, 0.6) is 0 Å². The largest absolute Gasteiger partial charge is 0.371 e. The molecule has 0 saturated carbocycles. The number of ether oxygens (including phenoxy) is 2. The number of carbonyl (C=O) groups excluding carboxylic acids is 1. The Bertz CT molecular complexity index is 532. The van der Waals surface area contributed by atoms with E-state index in [0.29, 0.717) is 13.2 Å². The van der Waals surface area contributed by atoms with Crippen molar-refractivity contribution >= 4 is 15.9 Å². The van der Waals surface area contributed by atoms with Crippen LogP contribution in [0.1, 0.15) is 32.1 Å². The fourth-order valence-electron chi connectivity index (χ4n) is 3.83. The highest BCUT2D eigenvalue weighted by atomic mass is 32.2. The normalized spacial score (nSPS) is 32.2. The maximum absolute atomic E-state index is 11.9. The molecule has 0 aromatic rings. The van der Waals surface area contributed by atoms with Gasteiger partial charge in [-0.1, -0.05) is 0 Å². The summed E-state index contributed by atoms with van der Waals surface area (Å²) in [7, 11) is -3.16. The zero-order valence-electron chi connectivity index (χ0n) is 13.6. The molecule has 23 heavy (non-hydrogen) atoms. The highest BCUT2D eigenvalue weighted by molar-refractivity contribution is 7.88. The molecule has 3 rings (SSSR count). The van der Waals surface area contributed by atoms with Crippen molar-refractivity contribution < 1.29 is 22.7 Å². The van der Waals surface area contributed by atoms with Crippen molar-refractivity contribution in [3.05, 3.63) is 0 Å². The van der Waals surface area contributed by atoms with E-state index in [2.05, 4.69) is 0 Å². The van der Waals surface area contributed by atoms with E-state index < -0.39 is 10.0 Å². The molecule has 3 fully saturated rings. The fraction of sp³-hybridized carbons (Fsp3) is 0.933. The molecule has 0 bridgehead atoms. The van der Waals surface area contributed by atoms with Gasteiger partial charge in [0.25, 0.3) is 0 Å². The van der Waals surface area contributed by atoms with Gasteiger partial charge in [0.15, 0.2) is 0 Å². The van der Waals surface area contributed by atoms with E-state index in [1.54, 1.807) is 4.31 Å². The first-order valence-corrected chi connectivity index (χ1v) is 10.3. The first kappa shape index (κ1) is 17.1. The number of nitrogens with zero attached hydrogens (tertiary/aromatic N) is 2. The topological polar surface area (TPSA) is 76.1 Å². The Labute approximate surface area is 138 Å². The van der Waals surface area contributed by atoms with Crippen LogP contribution >= 0.6 is 0 Å². The van der Waals surface area contributed by atoms with Crippen LogP contribution in [0.3, 0.4) is 0 Å². The van der Waals surface area contributed by atoms with E-state index in [1.165, 1.54) is 6.26 Å². The maximum Gasteiger partial charge on any atom is 0.248 e. The van der Waals surface area contributed by atoms with Crippen LogP contribution < -0.4 is 0 Å². The molecule has 0 aromatic carbocycles. The van der Waals surface area contributed by atoms with Crippen LogP contribution in [-0.2, 0) is 24.3 Å². The van der Waals surface area contributed by atoms with Crippen LogP contribution in [0, 0.1) is 0 Å². The van der Waals surface area contributed by atoms with E-state index in [0.717, 1.165) is 45.2 Å². The molecule has 132 valence electrons. The molecule has 0 spiro atoms. The van der Waals surface area contributed by atoms with Crippen LogP contribution in [0.4, 0.5) is 0 Å². The summed E-state index contributed by atoms with van der Waals surface area (Å²) >= 11 is 0. The Kier molecular flexibility index (Phi) is 5.25. The Morgan fingerprint density at radius 2 is 1.91 bits per heavy atom. The minimum Gasteiger partial charge on any atom is -0.371 e. The van der Waals surface area contributed by atoms with Gasteiger partial charge in [-0.2, -0.15) is 4.31 Å². The van der Waals surface area contributed by atoms with Crippen LogP contribution in [0.15, 0.2) is 0 Å². The summed E-state index contributed by atoms with van der Waals surface area (Å²) in [4.78, 5) is 13.8. The van der Waals surface area contributed by atoms with E-state index in [9.17, 15) is 13.2 Å². The third kappa shape index (κ3) is 4.04. The quantitative estimate of drug-likeness (QED) is 0.711. The number of carbonyl (C=O) groups is 1. The monoisotopic (exact) mass is 346 g/mol. The smallest absolute Gasteiger partial charge is 0.248 e. The molecule has 8 heteroatoms. The second kappa shape index (κ2) is 7.04. The highest BCUT2D eigenvalue weighted by Gasteiger charge is 2.43. The van der Waals surface area contributed by atoms with E-state index in [4.69, 9.17) is 9.47 Å². The van der Waals surface area contributed by atoms with Crippen molar-refractivity contribution in [2.45, 2.75) is 50.4 Å². The summed E-state index contributed by atoms with van der Waals surface area (Å²) in [6, 6.07) is -0.0347. The van der Waals surface area contributed by atoms with Crippen molar-refractivity contribution in [3.8, 4) is 0 Å². The molecule has 1 amide bonds. The van der Waals surface area contributed by atoms with Crippen molar-refractivity contribution in [2.75, 3.05) is 39.1 Å². The number of sulfonamides is 1. The van der Waals surface area contributed by atoms with Gasteiger partial charge >= 0.3 is 0 Å². The third-order valence-corrected chi connectivity index (χ3v) is 6.30. The molecule has 3 saturated heterocycles. The third-order valence-electron chi connectivity index (χ3n) is 5.00. The molecular weight excluding hydrogens is 320 g/mol. The average Bonchev–Trinajstić information content (AvgIpc) is 3.15. The van der Waals surface area contributed by atoms with E-state index in [-0.39, 0.29) is 30.8 Å². The number of likely N-dealkylation sites (tertiary alicyclic amines) is 1. The Morgan fingerprint density at radius 3 is 2.61 bits per heavy atom. The first-order valence-electron chi connectivity index (χ1n) is 8.43. The molecule has 0 aliphatic carbocycles. The van der Waals surface area contributed by atoms with Gasteiger partial charge < -0.3 is 14.4 Å². The second-order valence-electron chi connectivity index (χ2n) is 6.71. The van der Waals surface area contributed by atoms with E-state index in [1.807, 2.05) is 4.90 Å². The van der Waals surface area contributed by atoms with E-state index >= 15 is 0 Å². The van der Waals surface area contributed by atoms with Crippen molar-refractivity contribution in [1.29, 1.82) is 0 Å². The van der Waals surface area contributed by atoms with Gasteiger partial charge in [0.05, 0.1) is 31.1 Å². The predicted octanol–water partition coefficient (Wildman–Crippen LogP) is 0.207. The van der Waals surface area contributed by atoms with Gasteiger partial charge in [-0.05, 0) is 32.1 Å². The second-order valence-corrected chi connectivity index (χ2v) is 8.64. The SMILES string of the molecule is CS(=O)(=O)N1CC[C@@H]2OC(COCC(=O)N3CCCC3)CC[C@@H]21. The highest BCUT2D eigenvalue weighted by Crippen LogP contribution is 2.32. The Morgan fingerprint density at radius 1 is 1.17 bits per heavy atom. The van der Waals surface area contributed by atoms with Crippen molar-refractivity contribution in [2.24, 2.45) is 0 Å². The zero-order valence-corrected chi connectivity index (χ0v) is 14.5. The van der Waals surface area contributed by atoms with Crippen LogP contribution in [-0.4, -0.2) is 80.9 Å². The lowest BCUT2D eigenvalue weighted by Gasteiger charge is -2.35. The number of amides is 1. The summed E-state index contributed by atoms with van der Waals surface area (Å²) in [6.45, 7) is 2.74. The summed E-state index contributed by atoms with van der Waals surface area (Å²) in [5.74, 6) is 0.0558. The lowest BCUT2D eigenvalue weighted by Crippen LogP contribution is -2.45. The predicted molar refractivity (Wildman–Crippen MR) is 84.5 cm³/mol. The van der Waals surface area contributed by atoms with Gasteiger partial charge in [0.1, 0.15) is 6.61 Å². The maximum atomic E-state index is 11.9. The lowest BCUT2D eigenvalue weighted by molar-refractivity contribution is -0.139. The van der Waals surface area contributed by atoms with Crippen LogP contribution in [0.2, 0.25) is 0 Å². The standard InChI is InChI=1S/C15H26N2O5S/c1-23(19,20)17-9-6-14-13(17)5-4-12(22-14)10-21-11-15(18)16-7-2-3-8-16/h12-14H,2-11H2,1H3/t12?,13-,14-/m0/s1. The van der Waals surface area contributed by atoms with Crippen molar-refractivity contribution in [3.63, 3.8) is 0 Å². The number of hydrogen-bond acceptors (Lipinski definition) is 5. The lowest BCUT2D eigenvalue weighted by atomic mass is 10.0. The number of fused-ring (bicyclic) bond motifs is 1. The summed E-state index contributed by atoms with van der Waals surface area (Å²) in [5.41, 5.74) is 0. The zero-order chi connectivity index (χ0) is 16.4. The molecule has 3 aliphatic heterocycles. The molecule has 0 aromatic heterocycles. The molecule has 3 heterocycles. The number of hydrogen-bond donors (Lipinski definition) is 0. The van der Waals surface area contributed by atoms with Crippen LogP contribution in [0.25, 0.3) is 0 Å². The molecule has 0 N–H and O–H groups in total. The molecule has 7 nitrogen and oxygen atoms in total. The van der Waals surface area contributed by atoms with Gasteiger partial charge in [0, 0.05) is 19.6 Å². The minimum atomic E-state index is -3.16. The first-order chi connectivity index (χ1) is 10.9. The molecular formula is C15H26N2O5S. The van der Waals surface area contributed by atoms with Gasteiger partial charge in [-0.3, -0.25) is 4.79 Å². The van der Waals surface area contributed by atoms with Crippen molar-refractivity contribution in [1.82, 2.24) is 9.21 Å². The molecule has 3 atom stereocenters.